The number of quaternary nitrogens is 1. The summed E-state index contributed by atoms with van der Waals surface area (Å²) in [5.41, 5.74) is 1.21. The van der Waals surface area contributed by atoms with Crippen LogP contribution in [-0.4, -0.2) is 51.1 Å². The molecule has 0 saturated carbocycles. The number of likely N-dealkylation sites (N-methyl/N-ethyl adjacent to an activating group) is 1. The third-order valence-corrected chi connectivity index (χ3v) is 7.66. The summed E-state index contributed by atoms with van der Waals surface area (Å²) in [6.45, 7) is 5.35. The molecule has 0 fully saturated rings. The Hall–Kier alpha value is -1.24. The van der Waals surface area contributed by atoms with E-state index in [0.717, 1.165) is 42.9 Å². The molecule has 0 aliphatic carbocycles. The van der Waals surface area contributed by atoms with Crippen LogP contribution in [-0.2, 0) is 24.8 Å². The molecule has 2 N–H and O–H groups in total. The topological polar surface area (TPSA) is 86.5 Å². The SMILES string of the molecule is CCCCCCCCCCCCOc1ccc(CCCC(COP(=O)(O)OCC[NH+](C)C)CC(C)=O)cc1. The van der Waals surface area contributed by atoms with Gasteiger partial charge in [0.1, 0.15) is 24.7 Å². The first-order valence-corrected chi connectivity index (χ1v) is 16.3. The zero-order valence-corrected chi connectivity index (χ0v) is 25.4. The number of nitrogens with one attached hydrogen (secondary N) is 1. The third kappa shape index (κ3) is 19.8. The van der Waals surface area contributed by atoms with Crippen molar-refractivity contribution in [2.24, 2.45) is 5.92 Å². The first kappa shape index (κ1) is 34.8. The lowest BCUT2D eigenvalue weighted by molar-refractivity contribution is -0.858. The highest BCUT2D eigenvalue weighted by atomic mass is 31.2. The standard InChI is InChI=1S/C30H54NO6P/c1-5-6-7-8-9-10-11-12-13-14-23-35-30-20-18-28(19-21-30)16-15-17-29(25-27(2)32)26-37-38(33,34)36-24-22-31(3)4/h18-21,29H,5-17,22-26H2,1-4H3,(H,33,34)/p+1. The van der Waals surface area contributed by atoms with Crippen LogP contribution in [0.1, 0.15) is 103 Å². The summed E-state index contributed by atoms with van der Waals surface area (Å²) in [5, 5.41) is 0. The predicted molar refractivity (Wildman–Crippen MR) is 155 cm³/mol. The van der Waals surface area contributed by atoms with Crippen LogP contribution in [0.15, 0.2) is 24.3 Å². The van der Waals surface area contributed by atoms with Gasteiger partial charge in [-0.05, 0) is 56.2 Å². The van der Waals surface area contributed by atoms with Crippen molar-refractivity contribution in [2.45, 2.75) is 104 Å². The van der Waals surface area contributed by atoms with Crippen LogP contribution in [0.3, 0.4) is 0 Å². The van der Waals surface area contributed by atoms with E-state index in [4.69, 9.17) is 13.8 Å². The van der Waals surface area contributed by atoms with E-state index < -0.39 is 7.82 Å². The number of phosphoric acid groups is 1. The summed E-state index contributed by atoms with van der Waals surface area (Å²) in [5.74, 6) is 0.842. The molecular formula is C30H55NO6P+. The van der Waals surface area contributed by atoms with Crippen molar-refractivity contribution in [3.63, 3.8) is 0 Å². The second kappa shape index (κ2) is 21.6. The molecule has 38 heavy (non-hydrogen) atoms. The molecule has 0 bridgehead atoms. The van der Waals surface area contributed by atoms with Crippen LogP contribution in [0, 0.1) is 5.92 Å². The minimum Gasteiger partial charge on any atom is -0.494 e. The Morgan fingerprint density at radius 2 is 1.50 bits per heavy atom. The molecule has 2 atom stereocenters. The van der Waals surface area contributed by atoms with E-state index in [1.165, 1.54) is 70.3 Å². The fraction of sp³-hybridized carbons (Fsp3) is 0.767. The minimum atomic E-state index is -4.10. The van der Waals surface area contributed by atoms with Crippen LogP contribution in [0.4, 0.5) is 0 Å². The van der Waals surface area contributed by atoms with Gasteiger partial charge in [-0.2, -0.15) is 0 Å². The summed E-state index contributed by atoms with van der Waals surface area (Å²) in [4.78, 5) is 22.7. The van der Waals surface area contributed by atoms with Crippen LogP contribution >= 0.6 is 7.82 Å². The molecule has 2 unspecified atom stereocenters. The molecule has 1 rings (SSSR count). The molecule has 1 aromatic carbocycles. The summed E-state index contributed by atoms with van der Waals surface area (Å²) >= 11 is 0. The lowest BCUT2D eigenvalue weighted by Crippen LogP contribution is -3.06. The zero-order valence-electron chi connectivity index (χ0n) is 24.6. The van der Waals surface area contributed by atoms with E-state index >= 15 is 0 Å². The Labute approximate surface area is 232 Å². The first-order chi connectivity index (χ1) is 18.2. The highest BCUT2D eigenvalue weighted by Gasteiger charge is 2.24. The number of Topliss-reactive ketones (excluding diaryl/α,β-unsaturated/α-hetero) is 1. The molecule has 0 spiro atoms. The maximum absolute atomic E-state index is 12.1. The maximum atomic E-state index is 12.1. The smallest absolute Gasteiger partial charge is 0.472 e. The van der Waals surface area contributed by atoms with E-state index in [1.807, 2.05) is 26.2 Å². The second-order valence-electron chi connectivity index (χ2n) is 10.9. The van der Waals surface area contributed by atoms with Gasteiger partial charge in [0, 0.05) is 6.42 Å². The van der Waals surface area contributed by atoms with Crippen molar-refractivity contribution in [3.05, 3.63) is 29.8 Å². The molecule has 0 aliphatic heterocycles. The molecule has 0 radical (unpaired) electrons. The summed E-state index contributed by atoms with van der Waals surface area (Å²) in [6.07, 6.45) is 16.0. The highest BCUT2D eigenvalue weighted by Crippen LogP contribution is 2.43. The van der Waals surface area contributed by atoms with Gasteiger partial charge in [-0.3, -0.25) is 9.05 Å². The molecular weight excluding hydrogens is 501 g/mol. The average Bonchev–Trinajstić information content (AvgIpc) is 2.86. The number of aryl methyl sites for hydroxylation is 1. The lowest BCUT2D eigenvalue weighted by Gasteiger charge is -2.18. The van der Waals surface area contributed by atoms with Gasteiger partial charge in [0.15, 0.2) is 0 Å². The number of hydrogen-bond donors (Lipinski definition) is 2. The van der Waals surface area contributed by atoms with Crippen molar-refractivity contribution in [3.8, 4) is 5.75 Å². The number of unbranched alkanes of at least 4 members (excludes halogenated alkanes) is 9. The zero-order chi connectivity index (χ0) is 28.1. The molecule has 7 nitrogen and oxygen atoms in total. The average molecular weight is 557 g/mol. The lowest BCUT2D eigenvalue weighted by atomic mass is 9.96. The molecule has 0 saturated heterocycles. The van der Waals surface area contributed by atoms with Crippen LogP contribution in [0.2, 0.25) is 0 Å². The number of rotatable bonds is 25. The number of hydrogen-bond acceptors (Lipinski definition) is 5. The van der Waals surface area contributed by atoms with Gasteiger partial charge in [-0.1, -0.05) is 76.8 Å². The Balaban J connectivity index is 2.24. The number of carbonyl (C=O) groups is 1. The molecule has 0 aliphatic rings. The van der Waals surface area contributed by atoms with Gasteiger partial charge in [0.05, 0.1) is 27.3 Å². The van der Waals surface area contributed by atoms with E-state index in [1.54, 1.807) is 0 Å². The molecule has 0 amide bonds. The number of phosphoric ester groups is 1. The first-order valence-electron chi connectivity index (χ1n) is 14.8. The summed E-state index contributed by atoms with van der Waals surface area (Å²) in [6, 6.07) is 8.23. The van der Waals surface area contributed by atoms with Crippen molar-refractivity contribution in [2.75, 3.05) is 40.5 Å². The van der Waals surface area contributed by atoms with Crippen molar-refractivity contribution < 1.29 is 32.9 Å². The molecule has 1 aromatic rings. The van der Waals surface area contributed by atoms with E-state index in [-0.39, 0.29) is 24.9 Å². The molecule has 0 aromatic heterocycles. The van der Waals surface area contributed by atoms with Crippen LogP contribution < -0.4 is 9.64 Å². The van der Waals surface area contributed by atoms with E-state index in [0.29, 0.717) is 13.0 Å². The predicted octanol–water partition coefficient (Wildman–Crippen LogP) is 6.18. The van der Waals surface area contributed by atoms with Crippen LogP contribution in [0.5, 0.6) is 5.75 Å². The Morgan fingerprint density at radius 3 is 2.08 bits per heavy atom. The van der Waals surface area contributed by atoms with Crippen molar-refractivity contribution in [1.82, 2.24) is 0 Å². The van der Waals surface area contributed by atoms with Gasteiger partial charge in [0.2, 0.25) is 0 Å². The van der Waals surface area contributed by atoms with Gasteiger partial charge in [-0.25, -0.2) is 4.57 Å². The summed E-state index contributed by atoms with van der Waals surface area (Å²) in [7, 11) is -0.225. The van der Waals surface area contributed by atoms with Crippen molar-refractivity contribution in [1.29, 1.82) is 0 Å². The Morgan fingerprint density at radius 1 is 0.895 bits per heavy atom. The molecule has 0 heterocycles. The quantitative estimate of drug-likeness (QED) is 0.110. The largest absolute Gasteiger partial charge is 0.494 e. The van der Waals surface area contributed by atoms with E-state index in [2.05, 4.69) is 19.1 Å². The Bertz CT molecular complexity index is 771. The van der Waals surface area contributed by atoms with Gasteiger partial charge in [0.25, 0.3) is 0 Å². The summed E-state index contributed by atoms with van der Waals surface area (Å²) < 4.78 is 28.2. The third-order valence-electron chi connectivity index (χ3n) is 6.67. The fourth-order valence-corrected chi connectivity index (χ4v) is 5.18. The maximum Gasteiger partial charge on any atom is 0.472 e. The normalized spacial score (nSPS) is 13.9. The van der Waals surface area contributed by atoms with E-state index in [9.17, 15) is 14.3 Å². The highest BCUT2D eigenvalue weighted by molar-refractivity contribution is 7.47. The van der Waals surface area contributed by atoms with Gasteiger partial charge < -0.3 is 19.3 Å². The Kier molecular flexibility index (Phi) is 19.7. The van der Waals surface area contributed by atoms with Gasteiger partial charge in [-0.15, -0.1) is 0 Å². The minimum absolute atomic E-state index is 0.0356. The second-order valence-corrected chi connectivity index (χ2v) is 12.3. The number of ketones is 1. The monoisotopic (exact) mass is 556 g/mol. The number of ether oxygens (including phenoxy) is 1. The molecule has 8 heteroatoms. The van der Waals surface area contributed by atoms with Gasteiger partial charge >= 0.3 is 7.82 Å². The number of benzene rings is 1. The molecule has 220 valence electrons. The number of carbonyl (C=O) groups excluding carboxylic acids is 1. The fourth-order valence-electron chi connectivity index (χ4n) is 4.38. The van der Waals surface area contributed by atoms with Crippen LogP contribution in [0.25, 0.3) is 0 Å². The van der Waals surface area contributed by atoms with Crippen molar-refractivity contribution >= 4 is 13.6 Å².